The number of aryl methyl sites for hydroxylation is 1. The second-order valence-corrected chi connectivity index (χ2v) is 8.27. The van der Waals surface area contributed by atoms with Gasteiger partial charge in [0.25, 0.3) is 11.1 Å². The number of sulfone groups is 1. The topological polar surface area (TPSA) is 95.4 Å². The number of hydrogen-bond acceptors (Lipinski definition) is 8. The molecular formula is C16H16N2O5S2. The molecule has 25 heavy (non-hydrogen) atoms. The molecule has 0 spiro atoms. The van der Waals surface area contributed by atoms with E-state index in [9.17, 15) is 8.42 Å². The third kappa shape index (κ3) is 4.05. The Balaban J connectivity index is 1.63. The first-order valence-electron chi connectivity index (χ1n) is 7.37. The molecule has 0 unspecified atom stereocenters. The summed E-state index contributed by atoms with van der Waals surface area (Å²) < 4.78 is 40.5. The van der Waals surface area contributed by atoms with E-state index in [2.05, 4.69) is 10.2 Å². The molecule has 0 fully saturated rings. The molecule has 0 atom stereocenters. The highest BCUT2D eigenvalue weighted by Crippen LogP contribution is 2.27. The molecule has 1 aromatic carbocycles. The van der Waals surface area contributed by atoms with Crippen molar-refractivity contribution in [1.29, 1.82) is 0 Å². The lowest BCUT2D eigenvalue weighted by Gasteiger charge is -2.05. The van der Waals surface area contributed by atoms with E-state index in [-0.39, 0.29) is 10.6 Å². The zero-order valence-electron chi connectivity index (χ0n) is 13.6. The Hall–Kier alpha value is -2.26. The van der Waals surface area contributed by atoms with E-state index in [1.807, 2.05) is 0 Å². The van der Waals surface area contributed by atoms with Gasteiger partial charge in [0.2, 0.25) is 0 Å². The first-order chi connectivity index (χ1) is 12.0. The lowest BCUT2D eigenvalue weighted by molar-refractivity contribution is 0.413. The quantitative estimate of drug-likeness (QED) is 0.577. The molecule has 0 bridgehead atoms. The number of ether oxygens (including phenoxy) is 1. The average molecular weight is 380 g/mol. The molecule has 0 N–H and O–H groups in total. The van der Waals surface area contributed by atoms with Gasteiger partial charge in [-0.3, -0.25) is 0 Å². The minimum atomic E-state index is -3.41. The molecule has 2 heterocycles. The van der Waals surface area contributed by atoms with Gasteiger partial charge in [-0.1, -0.05) is 17.8 Å². The summed E-state index contributed by atoms with van der Waals surface area (Å²) in [6, 6.07) is 8.15. The van der Waals surface area contributed by atoms with Crippen molar-refractivity contribution < 1.29 is 22.0 Å². The normalized spacial score (nSPS) is 11.6. The Morgan fingerprint density at radius 3 is 2.80 bits per heavy atom. The van der Waals surface area contributed by atoms with E-state index in [1.54, 1.807) is 37.5 Å². The van der Waals surface area contributed by atoms with Crippen molar-refractivity contribution in [3.63, 3.8) is 0 Å². The second kappa shape index (κ2) is 7.32. The Bertz CT molecular complexity index is 962. The first kappa shape index (κ1) is 17.6. The van der Waals surface area contributed by atoms with Crippen molar-refractivity contribution in [2.45, 2.75) is 17.0 Å². The van der Waals surface area contributed by atoms with Crippen LogP contribution in [0.1, 0.15) is 5.76 Å². The van der Waals surface area contributed by atoms with Crippen molar-refractivity contribution in [3.05, 3.63) is 42.4 Å². The Morgan fingerprint density at radius 2 is 2.08 bits per heavy atom. The molecule has 0 saturated carbocycles. The maximum Gasteiger partial charge on any atom is 0.276 e. The van der Waals surface area contributed by atoms with Crippen molar-refractivity contribution >= 4 is 21.6 Å². The predicted octanol–water partition coefficient (Wildman–Crippen LogP) is 3.21. The Labute approximate surface area is 149 Å². The van der Waals surface area contributed by atoms with Gasteiger partial charge >= 0.3 is 0 Å². The largest absolute Gasteiger partial charge is 0.497 e. The van der Waals surface area contributed by atoms with Crippen molar-refractivity contribution in [2.24, 2.45) is 0 Å². The molecule has 7 nitrogen and oxygen atoms in total. The summed E-state index contributed by atoms with van der Waals surface area (Å²) in [7, 11) is -1.92. The highest BCUT2D eigenvalue weighted by atomic mass is 32.2. The fraction of sp³-hybridized carbons (Fsp3) is 0.250. The van der Waals surface area contributed by atoms with Crippen LogP contribution in [0.15, 0.2) is 55.5 Å². The van der Waals surface area contributed by atoms with Crippen LogP contribution in [0.5, 0.6) is 5.75 Å². The standard InChI is InChI=1S/C16H16N2O5S2/c1-11-14(6-7-22-11)15-17-18-16(23-15)24-8-9-25(19,20)13-5-3-4-12(10-13)21-2/h3-7,10H,8-9H2,1-2H3. The number of nitrogens with zero attached hydrogens (tertiary/aromatic N) is 2. The third-order valence-electron chi connectivity index (χ3n) is 3.47. The van der Waals surface area contributed by atoms with E-state index in [4.69, 9.17) is 13.6 Å². The van der Waals surface area contributed by atoms with Gasteiger partial charge in [0.1, 0.15) is 11.5 Å². The number of rotatable bonds is 7. The first-order valence-corrected chi connectivity index (χ1v) is 10.0. The predicted molar refractivity (Wildman–Crippen MR) is 92.5 cm³/mol. The fourth-order valence-corrected chi connectivity index (χ4v) is 4.57. The summed E-state index contributed by atoms with van der Waals surface area (Å²) in [5.41, 5.74) is 0.725. The van der Waals surface area contributed by atoms with Gasteiger partial charge in [-0.15, -0.1) is 10.2 Å². The summed E-state index contributed by atoms with van der Waals surface area (Å²) in [4.78, 5) is 0.229. The molecule has 0 aliphatic rings. The van der Waals surface area contributed by atoms with E-state index in [0.717, 1.165) is 5.56 Å². The maximum atomic E-state index is 12.4. The van der Waals surface area contributed by atoms with Crippen LogP contribution in [0.25, 0.3) is 11.5 Å². The number of furan rings is 1. The Morgan fingerprint density at radius 1 is 1.24 bits per heavy atom. The van der Waals surface area contributed by atoms with Crippen LogP contribution >= 0.6 is 11.8 Å². The molecule has 0 saturated heterocycles. The molecule has 3 aromatic rings. The fourth-order valence-electron chi connectivity index (χ4n) is 2.13. The molecule has 0 aliphatic carbocycles. The molecule has 0 amide bonds. The van der Waals surface area contributed by atoms with Crippen LogP contribution in [0, 0.1) is 6.92 Å². The zero-order chi connectivity index (χ0) is 17.9. The molecular weight excluding hydrogens is 364 g/mol. The number of aromatic nitrogens is 2. The van der Waals surface area contributed by atoms with E-state index in [0.29, 0.717) is 28.4 Å². The van der Waals surface area contributed by atoms with Crippen molar-refractivity contribution in [2.75, 3.05) is 18.6 Å². The third-order valence-corrected chi connectivity index (χ3v) is 6.27. The van der Waals surface area contributed by atoms with Crippen molar-refractivity contribution in [1.82, 2.24) is 10.2 Å². The number of thioether (sulfide) groups is 1. The zero-order valence-corrected chi connectivity index (χ0v) is 15.3. The smallest absolute Gasteiger partial charge is 0.276 e. The highest BCUT2D eigenvalue weighted by molar-refractivity contribution is 8.00. The van der Waals surface area contributed by atoms with Gasteiger partial charge in [0, 0.05) is 5.75 Å². The molecule has 132 valence electrons. The van der Waals surface area contributed by atoms with E-state index < -0.39 is 9.84 Å². The second-order valence-electron chi connectivity index (χ2n) is 5.11. The van der Waals surface area contributed by atoms with Gasteiger partial charge in [0.05, 0.1) is 29.6 Å². The number of methoxy groups -OCH3 is 1. The van der Waals surface area contributed by atoms with E-state index >= 15 is 0 Å². The lowest BCUT2D eigenvalue weighted by Crippen LogP contribution is -2.09. The molecule has 0 radical (unpaired) electrons. The van der Waals surface area contributed by atoms with Crippen molar-refractivity contribution in [3.8, 4) is 17.2 Å². The van der Waals surface area contributed by atoms with Crippen LogP contribution < -0.4 is 4.74 Å². The summed E-state index contributed by atoms with van der Waals surface area (Å²) >= 11 is 1.19. The van der Waals surface area contributed by atoms with Gasteiger partial charge in [0.15, 0.2) is 9.84 Å². The monoisotopic (exact) mass is 380 g/mol. The van der Waals surface area contributed by atoms with Gasteiger partial charge in [-0.05, 0) is 31.2 Å². The van der Waals surface area contributed by atoms with Crippen LogP contribution in [0.3, 0.4) is 0 Å². The minimum absolute atomic E-state index is 0.0483. The van der Waals surface area contributed by atoms with Crippen LogP contribution in [0.2, 0.25) is 0 Å². The summed E-state index contributed by atoms with van der Waals surface area (Å²) in [5, 5.41) is 8.19. The van der Waals surface area contributed by atoms with Gasteiger partial charge in [-0.25, -0.2) is 8.42 Å². The molecule has 3 rings (SSSR count). The van der Waals surface area contributed by atoms with Crippen LogP contribution in [-0.4, -0.2) is 37.2 Å². The highest BCUT2D eigenvalue weighted by Gasteiger charge is 2.17. The van der Waals surface area contributed by atoms with Crippen LogP contribution in [-0.2, 0) is 9.84 Å². The SMILES string of the molecule is COc1cccc(S(=O)(=O)CCSc2nnc(-c3ccoc3C)o2)c1. The summed E-state index contributed by atoms with van der Waals surface area (Å²) in [6.07, 6.45) is 1.54. The molecule has 2 aromatic heterocycles. The summed E-state index contributed by atoms with van der Waals surface area (Å²) in [5.74, 6) is 1.79. The number of benzene rings is 1. The lowest BCUT2D eigenvalue weighted by atomic mass is 10.3. The van der Waals surface area contributed by atoms with Gasteiger partial charge < -0.3 is 13.6 Å². The molecule has 0 aliphatic heterocycles. The summed E-state index contributed by atoms with van der Waals surface area (Å²) in [6.45, 7) is 1.80. The minimum Gasteiger partial charge on any atom is -0.497 e. The van der Waals surface area contributed by atoms with Crippen LogP contribution in [0.4, 0.5) is 0 Å². The maximum absolute atomic E-state index is 12.4. The van der Waals surface area contributed by atoms with Gasteiger partial charge in [-0.2, -0.15) is 0 Å². The Kier molecular flexibility index (Phi) is 5.14. The van der Waals surface area contributed by atoms with E-state index in [1.165, 1.54) is 24.9 Å². The average Bonchev–Trinajstić information content (AvgIpc) is 3.23. The molecule has 9 heteroatoms. The number of hydrogen-bond donors (Lipinski definition) is 0.